The summed E-state index contributed by atoms with van der Waals surface area (Å²) in [5.74, 6) is -0.376. The molecule has 0 aromatic heterocycles. The van der Waals surface area contributed by atoms with Crippen molar-refractivity contribution in [3.05, 3.63) is 65.5 Å². The van der Waals surface area contributed by atoms with E-state index in [1.807, 2.05) is 30.3 Å². The number of carbonyl (C=O) groups excluding carboxylic acids is 1. The number of aryl methyl sites for hydroxylation is 1. The van der Waals surface area contributed by atoms with Crippen LogP contribution in [0.3, 0.4) is 0 Å². The summed E-state index contributed by atoms with van der Waals surface area (Å²) >= 11 is 0. The number of amides is 1. The normalized spacial score (nSPS) is 10.1. The van der Waals surface area contributed by atoms with Gasteiger partial charge in [0.15, 0.2) is 0 Å². The van der Waals surface area contributed by atoms with E-state index in [0.717, 1.165) is 16.8 Å². The average molecular weight is 272 g/mol. The minimum absolute atomic E-state index is 0.0995. The number of carbonyl (C=O) groups is 1. The van der Waals surface area contributed by atoms with Gasteiger partial charge in [-0.05, 0) is 36.2 Å². The molecule has 2 aromatic rings. The van der Waals surface area contributed by atoms with Gasteiger partial charge in [-0.1, -0.05) is 30.3 Å². The topological polar surface area (TPSA) is 41.1 Å². The molecule has 2 aromatic carbocycles. The average Bonchev–Trinajstić information content (AvgIpc) is 2.45. The van der Waals surface area contributed by atoms with Crippen molar-refractivity contribution in [3.63, 3.8) is 0 Å². The Hall–Kier alpha value is -2.36. The van der Waals surface area contributed by atoms with Gasteiger partial charge in [-0.15, -0.1) is 0 Å². The molecule has 104 valence electrons. The lowest BCUT2D eigenvalue weighted by molar-refractivity contribution is -0.119. The molecule has 0 atom stereocenters. The highest BCUT2D eigenvalue weighted by Crippen LogP contribution is 2.14. The molecule has 0 saturated heterocycles. The van der Waals surface area contributed by atoms with Gasteiger partial charge in [0.05, 0.1) is 6.54 Å². The van der Waals surface area contributed by atoms with Crippen LogP contribution in [-0.2, 0) is 11.3 Å². The van der Waals surface area contributed by atoms with E-state index in [-0.39, 0.29) is 18.3 Å². The molecule has 2 rings (SSSR count). The minimum atomic E-state index is -0.276. The van der Waals surface area contributed by atoms with E-state index < -0.39 is 0 Å². The number of hydrogen-bond acceptors (Lipinski definition) is 2. The van der Waals surface area contributed by atoms with E-state index in [9.17, 15) is 9.18 Å². The van der Waals surface area contributed by atoms with Crippen LogP contribution in [0.1, 0.15) is 11.1 Å². The van der Waals surface area contributed by atoms with Crippen LogP contribution in [0.25, 0.3) is 0 Å². The first-order valence-corrected chi connectivity index (χ1v) is 6.46. The maximum absolute atomic E-state index is 12.9. The molecule has 0 spiro atoms. The van der Waals surface area contributed by atoms with Crippen LogP contribution in [0.2, 0.25) is 0 Å². The van der Waals surface area contributed by atoms with Crippen molar-refractivity contribution >= 4 is 11.6 Å². The molecule has 0 unspecified atom stereocenters. The van der Waals surface area contributed by atoms with E-state index in [0.29, 0.717) is 6.54 Å². The Morgan fingerprint density at radius 2 is 1.90 bits per heavy atom. The van der Waals surface area contributed by atoms with Gasteiger partial charge in [0, 0.05) is 12.2 Å². The Labute approximate surface area is 117 Å². The van der Waals surface area contributed by atoms with Gasteiger partial charge in [0.2, 0.25) is 5.91 Å². The van der Waals surface area contributed by atoms with Crippen LogP contribution in [0.4, 0.5) is 10.1 Å². The number of halogens is 1. The molecule has 0 radical (unpaired) electrons. The summed E-state index contributed by atoms with van der Waals surface area (Å²) in [7, 11) is 0. The highest BCUT2D eigenvalue weighted by molar-refractivity contribution is 5.80. The molecule has 0 fully saturated rings. The molecule has 0 saturated carbocycles. The first-order chi connectivity index (χ1) is 9.65. The second-order valence-electron chi connectivity index (χ2n) is 4.58. The summed E-state index contributed by atoms with van der Waals surface area (Å²) in [5.41, 5.74) is 2.60. The quantitative estimate of drug-likeness (QED) is 0.878. The predicted octanol–water partition coefficient (Wildman–Crippen LogP) is 2.86. The van der Waals surface area contributed by atoms with Crippen molar-refractivity contribution in [2.45, 2.75) is 13.5 Å². The Balaban J connectivity index is 1.80. The van der Waals surface area contributed by atoms with Crippen LogP contribution in [-0.4, -0.2) is 12.5 Å². The van der Waals surface area contributed by atoms with Gasteiger partial charge >= 0.3 is 0 Å². The van der Waals surface area contributed by atoms with E-state index in [1.165, 1.54) is 12.1 Å². The zero-order valence-corrected chi connectivity index (χ0v) is 11.3. The molecule has 20 heavy (non-hydrogen) atoms. The third-order valence-electron chi connectivity index (χ3n) is 2.96. The zero-order valence-electron chi connectivity index (χ0n) is 11.3. The monoisotopic (exact) mass is 272 g/mol. The molecule has 3 nitrogen and oxygen atoms in total. The van der Waals surface area contributed by atoms with Gasteiger partial charge in [-0.3, -0.25) is 4.79 Å². The van der Waals surface area contributed by atoms with Crippen LogP contribution in [0.5, 0.6) is 0 Å². The molecule has 0 heterocycles. The van der Waals surface area contributed by atoms with Gasteiger partial charge in [-0.25, -0.2) is 4.39 Å². The van der Waals surface area contributed by atoms with Gasteiger partial charge in [0.25, 0.3) is 0 Å². The summed E-state index contributed by atoms with van der Waals surface area (Å²) < 4.78 is 12.9. The number of benzene rings is 2. The fourth-order valence-corrected chi connectivity index (χ4v) is 1.86. The van der Waals surface area contributed by atoms with Crippen molar-refractivity contribution in [3.8, 4) is 0 Å². The van der Waals surface area contributed by atoms with E-state index in [2.05, 4.69) is 10.6 Å². The fourth-order valence-electron chi connectivity index (χ4n) is 1.86. The second-order valence-corrected chi connectivity index (χ2v) is 4.58. The number of rotatable bonds is 5. The number of nitrogens with one attached hydrogen (secondary N) is 2. The predicted molar refractivity (Wildman–Crippen MR) is 77.9 cm³/mol. The summed E-state index contributed by atoms with van der Waals surface area (Å²) in [6, 6.07) is 14.2. The van der Waals surface area contributed by atoms with Crippen molar-refractivity contribution in [1.82, 2.24) is 5.32 Å². The van der Waals surface area contributed by atoms with Gasteiger partial charge in [-0.2, -0.15) is 0 Å². The molecule has 1 amide bonds. The molecule has 0 aliphatic carbocycles. The van der Waals surface area contributed by atoms with Gasteiger partial charge in [0.1, 0.15) is 5.82 Å². The summed E-state index contributed by atoms with van der Waals surface area (Å²) in [6.45, 7) is 2.47. The molecular formula is C16H17FN2O. The van der Waals surface area contributed by atoms with Crippen molar-refractivity contribution < 1.29 is 9.18 Å². The lowest BCUT2D eigenvalue weighted by Crippen LogP contribution is -2.29. The third-order valence-corrected chi connectivity index (χ3v) is 2.96. The molecule has 0 aliphatic heterocycles. The Morgan fingerprint density at radius 3 is 2.60 bits per heavy atom. The summed E-state index contributed by atoms with van der Waals surface area (Å²) in [5, 5.41) is 5.82. The summed E-state index contributed by atoms with van der Waals surface area (Å²) in [6.07, 6.45) is 0. The molecule has 0 aliphatic rings. The van der Waals surface area contributed by atoms with Crippen molar-refractivity contribution in [2.24, 2.45) is 0 Å². The molecule has 2 N–H and O–H groups in total. The second kappa shape index (κ2) is 6.70. The largest absolute Gasteiger partial charge is 0.376 e. The molecular weight excluding hydrogens is 255 g/mol. The van der Waals surface area contributed by atoms with E-state index >= 15 is 0 Å². The first-order valence-electron chi connectivity index (χ1n) is 6.46. The van der Waals surface area contributed by atoms with Crippen LogP contribution >= 0.6 is 0 Å². The molecule has 0 bridgehead atoms. The highest BCUT2D eigenvalue weighted by Gasteiger charge is 2.03. The van der Waals surface area contributed by atoms with Gasteiger partial charge < -0.3 is 10.6 Å². The first kappa shape index (κ1) is 14.1. The Kier molecular flexibility index (Phi) is 4.71. The lowest BCUT2D eigenvalue weighted by atomic mass is 10.2. The number of anilines is 1. The lowest BCUT2D eigenvalue weighted by Gasteiger charge is -2.10. The van der Waals surface area contributed by atoms with Crippen molar-refractivity contribution in [1.29, 1.82) is 0 Å². The zero-order chi connectivity index (χ0) is 14.4. The highest BCUT2D eigenvalue weighted by atomic mass is 19.1. The maximum Gasteiger partial charge on any atom is 0.239 e. The minimum Gasteiger partial charge on any atom is -0.376 e. The Morgan fingerprint density at radius 1 is 1.15 bits per heavy atom. The third kappa shape index (κ3) is 4.09. The van der Waals surface area contributed by atoms with Crippen molar-refractivity contribution in [2.75, 3.05) is 11.9 Å². The smallest absolute Gasteiger partial charge is 0.239 e. The number of hydrogen-bond donors (Lipinski definition) is 2. The standard InChI is InChI=1S/C16H17FN2O/c1-12-9-14(17)7-8-15(12)18-11-16(20)19-10-13-5-3-2-4-6-13/h2-9,18H,10-11H2,1H3,(H,19,20). The van der Waals surface area contributed by atoms with E-state index in [1.54, 1.807) is 13.0 Å². The van der Waals surface area contributed by atoms with E-state index in [4.69, 9.17) is 0 Å². The molecule has 4 heteroatoms. The SMILES string of the molecule is Cc1cc(F)ccc1NCC(=O)NCc1ccccc1. The fraction of sp³-hybridized carbons (Fsp3) is 0.188. The summed E-state index contributed by atoms with van der Waals surface area (Å²) in [4.78, 5) is 11.7. The van der Waals surface area contributed by atoms with Crippen LogP contribution in [0.15, 0.2) is 48.5 Å². The Bertz CT molecular complexity index is 584. The maximum atomic E-state index is 12.9. The van der Waals surface area contributed by atoms with Crippen LogP contribution < -0.4 is 10.6 Å². The van der Waals surface area contributed by atoms with Crippen LogP contribution in [0, 0.1) is 12.7 Å².